The van der Waals surface area contributed by atoms with Gasteiger partial charge in [-0.15, -0.1) is 0 Å². The van der Waals surface area contributed by atoms with Crippen LogP contribution in [-0.4, -0.2) is 76.6 Å². The quantitative estimate of drug-likeness (QED) is 0.507. The van der Waals surface area contributed by atoms with E-state index >= 15 is 0 Å². The fraction of sp³-hybridized carbons (Fsp3) is 0.950. The van der Waals surface area contributed by atoms with Crippen LogP contribution in [0.1, 0.15) is 45.4 Å². The second kappa shape index (κ2) is 9.38. The molecule has 2 N–H and O–H groups in total. The van der Waals surface area contributed by atoms with Gasteiger partial charge in [-0.2, -0.15) is 0 Å². The van der Waals surface area contributed by atoms with E-state index in [2.05, 4.69) is 27.4 Å². The first-order valence-electron chi connectivity index (χ1n) is 10.5. The molecule has 1 saturated heterocycles. The Bertz CT molecular complexity index is 459. The zero-order valence-electron chi connectivity index (χ0n) is 16.9. The van der Waals surface area contributed by atoms with Crippen molar-refractivity contribution in [2.75, 3.05) is 53.6 Å². The minimum atomic E-state index is 0.375. The molecule has 3 aliphatic rings. The van der Waals surface area contributed by atoms with Crippen LogP contribution in [0.25, 0.3) is 0 Å². The number of nitrogens with one attached hydrogen (secondary N) is 2. The number of hydrogen-bond acceptors (Lipinski definition) is 4. The Morgan fingerprint density at radius 2 is 2.04 bits per heavy atom. The van der Waals surface area contributed by atoms with E-state index in [1.165, 1.54) is 45.2 Å². The number of ether oxygens (including phenoxy) is 2. The van der Waals surface area contributed by atoms with Gasteiger partial charge in [-0.1, -0.05) is 6.42 Å². The predicted molar refractivity (Wildman–Crippen MR) is 106 cm³/mol. The summed E-state index contributed by atoms with van der Waals surface area (Å²) >= 11 is 0. The lowest BCUT2D eigenvalue weighted by Crippen LogP contribution is -2.68. The van der Waals surface area contributed by atoms with Gasteiger partial charge < -0.3 is 25.0 Å². The zero-order chi connectivity index (χ0) is 18.4. The summed E-state index contributed by atoms with van der Waals surface area (Å²) in [6, 6.07) is 0.523. The lowest BCUT2D eigenvalue weighted by Gasteiger charge is -2.61. The largest absolute Gasteiger partial charge is 0.383 e. The normalized spacial score (nSPS) is 29.3. The molecule has 0 amide bonds. The number of nitrogens with zero attached hydrogens (tertiary/aromatic N) is 2. The number of rotatable bonds is 8. The Kier molecular flexibility index (Phi) is 7.18. The van der Waals surface area contributed by atoms with Gasteiger partial charge in [0.25, 0.3) is 0 Å². The Morgan fingerprint density at radius 1 is 1.27 bits per heavy atom. The second-order valence-electron chi connectivity index (χ2n) is 8.19. The lowest BCUT2D eigenvalue weighted by atomic mass is 9.51. The van der Waals surface area contributed by atoms with E-state index in [4.69, 9.17) is 9.47 Å². The molecule has 0 bridgehead atoms. The maximum absolute atomic E-state index is 5.96. The number of likely N-dealkylation sites (tertiary alicyclic amines) is 1. The van der Waals surface area contributed by atoms with Crippen molar-refractivity contribution in [3.63, 3.8) is 0 Å². The van der Waals surface area contributed by atoms with E-state index in [1.807, 2.05) is 7.05 Å². The van der Waals surface area contributed by atoms with Crippen molar-refractivity contribution in [2.45, 2.75) is 57.6 Å². The molecule has 1 spiro atoms. The van der Waals surface area contributed by atoms with Gasteiger partial charge in [0.2, 0.25) is 0 Å². The SMILES string of the molecule is CCOC1CC(NC(=NC)NCC2CCN(CCOC)CC2)C12CCC2. The number of hydrogen-bond donors (Lipinski definition) is 2. The molecule has 0 radical (unpaired) electrons. The Balaban J connectivity index is 1.38. The average Bonchev–Trinajstić information content (AvgIpc) is 2.61. The topological polar surface area (TPSA) is 58.1 Å². The first-order chi connectivity index (χ1) is 12.7. The van der Waals surface area contributed by atoms with Gasteiger partial charge in [-0.3, -0.25) is 4.99 Å². The van der Waals surface area contributed by atoms with Crippen molar-refractivity contribution in [1.29, 1.82) is 0 Å². The van der Waals surface area contributed by atoms with Crippen LogP contribution in [0.15, 0.2) is 4.99 Å². The molecule has 2 unspecified atom stereocenters. The van der Waals surface area contributed by atoms with E-state index < -0.39 is 0 Å². The Hall–Kier alpha value is -0.850. The number of guanidine groups is 1. The van der Waals surface area contributed by atoms with Gasteiger partial charge in [-0.25, -0.2) is 0 Å². The number of methoxy groups -OCH3 is 1. The van der Waals surface area contributed by atoms with Crippen LogP contribution in [0.3, 0.4) is 0 Å². The highest BCUT2D eigenvalue weighted by atomic mass is 16.5. The van der Waals surface area contributed by atoms with Crippen LogP contribution in [-0.2, 0) is 9.47 Å². The van der Waals surface area contributed by atoms with Gasteiger partial charge in [0.1, 0.15) is 0 Å². The van der Waals surface area contributed by atoms with Crippen LogP contribution >= 0.6 is 0 Å². The van der Waals surface area contributed by atoms with Gasteiger partial charge in [0, 0.05) is 45.3 Å². The molecule has 6 nitrogen and oxygen atoms in total. The molecule has 0 aromatic carbocycles. The third kappa shape index (κ3) is 4.34. The first-order valence-corrected chi connectivity index (χ1v) is 10.5. The maximum atomic E-state index is 5.96. The minimum Gasteiger partial charge on any atom is -0.383 e. The van der Waals surface area contributed by atoms with Crippen LogP contribution in [0.2, 0.25) is 0 Å². The molecule has 2 atom stereocenters. The van der Waals surface area contributed by atoms with Crippen molar-refractivity contribution in [2.24, 2.45) is 16.3 Å². The average molecular weight is 367 g/mol. The molecule has 1 aliphatic heterocycles. The molecule has 26 heavy (non-hydrogen) atoms. The molecular formula is C20H38N4O2. The summed E-state index contributed by atoms with van der Waals surface area (Å²) in [5.41, 5.74) is 0.375. The monoisotopic (exact) mass is 366 g/mol. The molecule has 3 rings (SSSR count). The summed E-state index contributed by atoms with van der Waals surface area (Å²) in [6.45, 7) is 8.22. The second-order valence-corrected chi connectivity index (χ2v) is 8.19. The van der Waals surface area contributed by atoms with Gasteiger partial charge >= 0.3 is 0 Å². The fourth-order valence-electron chi connectivity index (χ4n) is 4.88. The van der Waals surface area contributed by atoms with Gasteiger partial charge in [0.05, 0.1) is 12.7 Å². The van der Waals surface area contributed by atoms with Crippen molar-refractivity contribution in [3.8, 4) is 0 Å². The highest BCUT2D eigenvalue weighted by molar-refractivity contribution is 5.80. The fourth-order valence-corrected chi connectivity index (χ4v) is 4.88. The molecular weight excluding hydrogens is 328 g/mol. The molecule has 3 fully saturated rings. The molecule has 6 heteroatoms. The third-order valence-electron chi connectivity index (χ3n) is 6.85. The lowest BCUT2D eigenvalue weighted by molar-refractivity contribution is -0.168. The Labute approximate surface area is 159 Å². The summed E-state index contributed by atoms with van der Waals surface area (Å²) in [6.07, 6.45) is 8.02. The minimum absolute atomic E-state index is 0.375. The summed E-state index contributed by atoms with van der Waals surface area (Å²) in [7, 11) is 3.66. The summed E-state index contributed by atoms with van der Waals surface area (Å²) in [5, 5.41) is 7.28. The summed E-state index contributed by atoms with van der Waals surface area (Å²) in [5.74, 6) is 1.71. The molecule has 2 aliphatic carbocycles. The van der Waals surface area contributed by atoms with Gasteiger partial charge in [0.15, 0.2) is 5.96 Å². The van der Waals surface area contributed by atoms with E-state index in [1.54, 1.807) is 7.11 Å². The highest BCUT2D eigenvalue weighted by Gasteiger charge is 2.59. The van der Waals surface area contributed by atoms with E-state index in [0.29, 0.717) is 17.6 Å². The molecule has 0 aromatic heterocycles. The number of aliphatic imine (C=N–C) groups is 1. The Morgan fingerprint density at radius 3 is 2.62 bits per heavy atom. The van der Waals surface area contributed by atoms with Crippen LogP contribution in [0, 0.1) is 11.3 Å². The molecule has 0 aromatic rings. The summed E-state index contributed by atoms with van der Waals surface area (Å²) < 4.78 is 11.1. The van der Waals surface area contributed by atoms with Gasteiger partial charge in [-0.05, 0) is 58.0 Å². The first kappa shape index (κ1) is 19.9. The molecule has 1 heterocycles. The maximum Gasteiger partial charge on any atom is 0.191 e. The van der Waals surface area contributed by atoms with Crippen LogP contribution in [0.4, 0.5) is 0 Å². The van der Waals surface area contributed by atoms with Crippen molar-refractivity contribution >= 4 is 5.96 Å². The number of piperidine rings is 1. The van der Waals surface area contributed by atoms with Crippen LogP contribution < -0.4 is 10.6 Å². The third-order valence-corrected chi connectivity index (χ3v) is 6.85. The smallest absolute Gasteiger partial charge is 0.191 e. The van der Waals surface area contributed by atoms with E-state index in [-0.39, 0.29) is 0 Å². The standard InChI is InChI=1S/C20H38N4O2/c1-4-26-18-14-17(20(18)8-5-9-20)23-19(21-2)22-15-16-6-10-24(11-7-16)12-13-25-3/h16-18H,4-15H2,1-3H3,(H2,21,22,23). The van der Waals surface area contributed by atoms with E-state index in [9.17, 15) is 0 Å². The van der Waals surface area contributed by atoms with Crippen LogP contribution in [0.5, 0.6) is 0 Å². The molecule has 2 saturated carbocycles. The molecule has 150 valence electrons. The van der Waals surface area contributed by atoms with E-state index in [0.717, 1.165) is 44.6 Å². The van der Waals surface area contributed by atoms with Crippen molar-refractivity contribution in [1.82, 2.24) is 15.5 Å². The van der Waals surface area contributed by atoms with Crippen molar-refractivity contribution in [3.05, 3.63) is 0 Å². The van der Waals surface area contributed by atoms with Crippen molar-refractivity contribution < 1.29 is 9.47 Å². The predicted octanol–water partition coefficient (Wildman–Crippen LogP) is 1.86. The zero-order valence-corrected chi connectivity index (χ0v) is 16.9. The highest BCUT2D eigenvalue weighted by Crippen LogP contribution is 2.57. The summed E-state index contributed by atoms with van der Waals surface area (Å²) in [4.78, 5) is 6.98.